The molecule has 5 nitrogen and oxygen atoms in total. The number of imidazole rings is 1. The Balaban J connectivity index is 3.01. The van der Waals surface area contributed by atoms with Crippen LogP contribution in [0.2, 0.25) is 0 Å². The Morgan fingerprint density at radius 3 is 2.65 bits per heavy atom. The Bertz CT molecular complexity index is 525. The van der Waals surface area contributed by atoms with Crippen LogP contribution in [0.15, 0.2) is 11.2 Å². The average Bonchev–Trinajstić information content (AvgIpc) is 2.68. The van der Waals surface area contributed by atoms with Gasteiger partial charge in [0.1, 0.15) is 5.82 Å². The fraction of sp³-hybridized carbons (Fsp3) is 0.545. The van der Waals surface area contributed by atoms with E-state index in [9.17, 15) is 8.42 Å². The van der Waals surface area contributed by atoms with Gasteiger partial charge < -0.3 is 4.57 Å². The predicted octanol–water partition coefficient (Wildman–Crippen LogP) is 0.902. The minimum absolute atomic E-state index is 0.0190. The number of hydrogen-bond acceptors (Lipinski definition) is 3. The van der Waals surface area contributed by atoms with E-state index in [0.717, 1.165) is 0 Å². The molecule has 0 radical (unpaired) electrons. The predicted molar refractivity (Wildman–Crippen MR) is 65.9 cm³/mol. The van der Waals surface area contributed by atoms with Crippen LogP contribution >= 0.6 is 0 Å². The lowest BCUT2D eigenvalue weighted by Gasteiger charge is -2.09. The van der Waals surface area contributed by atoms with E-state index in [-0.39, 0.29) is 5.03 Å². The third kappa shape index (κ3) is 3.08. The van der Waals surface area contributed by atoms with Crippen molar-refractivity contribution in [3.8, 4) is 12.3 Å². The fourth-order valence-electron chi connectivity index (χ4n) is 1.41. The van der Waals surface area contributed by atoms with E-state index in [2.05, 4.69) is 15.6 Å². The van der Waals surface area contributed by atoms with Gasteiger partial charge in [0.25, 0.3) is 10.0 Å². The SMILES string of the molecule is C#CC(CC)NS(=O)(=O)c1cn(CC)c(C)n1. The molecule has 0 saturated heterocycles. The third-order valence-corrected chi connectivity index (χ3v) is 3.82. The van der Waals surface area contributed by atoms with Gasteiger partial charge in [-0.2, -0.15) is 4.72 Å². The van der Waals surface area contributed by atoms with E-state index in [0.29, 0.717) is 18.8 Å². The molecule has 17 heavy (non-hydrogen) atoms. The number of hydrogen-bond donors (Lipinski definition) is 1. The molecular weight excluding hydrogens is 238 g/mol. The third-order valence-electron chi connectivity index (χ3n) is 2.48. The highest BCUT2D eigenvalue weighted by atomic mass is 32.2. The summed E-state index contributed by atoms with van der Waals surface area (Å²) in [6.45, 7) is 6.19. The summed E-state index contributed by atoms with van der Waals surface area (Å²) in [6, 6.07) is -0.493. The van der Waals surface area contributed by atoms with Crippen molar-refractivity contribution >= 4 is 10.0 Å². The molecule has 0 aliphatic rings. The summed E-state index contributed by atoms with van der Waals surface area (Å²) >= 11 is 0. The van der Waals surface area contributed by atoms with Gasteiger partial charge in [0.05, 0.1) is 6.04 Å². The molecule has 1 heterocycles. The number of nitrogens with one attached hydrogen (secondary N) is 1. The van der Waals surface area contributed by atoms with Crippen LogP contribution in [0.5, 0.6) is 0 Å². The number of terminal acetylenes is 1. The Labute approximate surface area is 102 Å². The lowest BCUT2D eigenvalue weighted by atomic mass is 10.3. The molecule has 0 saturated carbocycles. The summed E-state index contributed by atoms with van der Waals surface area (Å²) in [4.78, 5) is 4.02. The molecule has 0 fully saturated rings. The van der Waals surface area contributed by atoms with Gasteiger partial charge in [0.2, 0.25) is 0 Å². The van der Waals surface area contributed by atoms with Gasteiger partial charge in [0.15, 0.2) is 5.03 Å². The average molecular weight is 255 g/mol. The maximum absolute atomic E-state index is 12.0. The molecule has 1 unspecified atom stereocenters. The number of aryl methyl sites for hydroxylation is 2. The molecule has 6 heteroatoms. The lowest BCUT2D eigenvalue weighted by Crippen LogP contribution is -2.33. The zero-order chi connectivity index (χ0) is 13.1. The van der Waals surface area contributed by atoms with Crippen molar-refractivity contribution in [2.45, 2.75) is 44.8 Å². The summed E-state index contributed by atoms with van der Waals surface area (Å²) in [5, 5.41) is 0.0190. The van der Waals surface area contributed by atoms with E-state index in [4.69, 9.17) is 6.42 Å². The van der Waals surface area contributed by atoms with E-state index < -0.39 is 16.1 Å². The van der Waals surface area contributed by atoms with E-state index >= 15 is 0 Å². The van der Waals surface area contributed by atoms with Crippen molar-refractivity contribution in [1.82, 2.24) is 14.3 Å². The van der Waals surface area contributed by atoms with Crippen LogP contribution in [0.4, 0.5) is 0 Å². The molecule has 0 aliphatic heterocycles. The van der Waals surface area contributed by atoms with Crippen LogP contribution in [0.1, 0.15) is 26.1 Å². The Kier molecular flexibility index (Phi) is 4.32. The molecule has 0 bridgehead atoms. The number of nitrogens with zero attached hydrogens (tertiary/aromatic N) is 2. The molecule has 1 aromatic heterocycles. The zero-order valence-electron chi connectivity index (χ0n) is 10.3. The monoisotopic (exact) mass is 255 g/mol. The lowest BCUT2D eigenvalue weighted by molar-refractivity contribution is 0.567. The first-order valence-electron chi connectivity index (χ1n) is 5.46. The quantitative estimate of drug-likeness (QED) is 0.795. The molecule has 94 valence electrons. The van der Waals surface area contributed by atoms with Crippen molar-refractivity contribution in [2.75, 3.05) is 0 Å². The fourth-order valence-corrected chi connectivity index (χ4v) is 2.66. The molecule has 0 spiro atoms. The van der Waals surface area contributed by atoms with Crippen molar-refractivity contribution < 1.29 is 8.42 Å². The van der Waals surface area contributed by atoms with E-state index in [1.54, 1.807) is 11.5 Å². The molecule has 0 aromatic carbocycles. The first-order valence-corrected chi connectivity index (χ1v) is 6.95. The second kappa shape index (κ2) is 5.34. The van der Waals surface area contributed by atoms with Gasteiger partial charge in [-0.3, -0.25) is 0 Å². The summed E-state index contributed by atoms with van der Waals surface area (Å²) in [5.41, 5.74) is 0. The minimum atomic E-state index is -3.62. The first kappa shape index (κ1) is 13.7. The highest BCUT2D eigenvalue weighted by Gasteiger charge is 2.21. The van der Waals surface area contributed by atoms with E-state index in [1.165, 1.54) is 6.20 Å². The standard InChI is InChI=1S/C11H17N3O2S/c1-5-10(6-2)13-17(15,16)11-8-14(7-3)9(4)12-11/h1,8,10,13H,6-7H2,2-4H3. The van der Waals surface area contributed by atoms with Gasteiger partial charge in [-0.1, -0.05) is 12.8 Å². The van der Waals surface area contributed by atoms with Gasteiger partial charge in [0, 0.05) is 12.7 Å². The molecule has 1 N–H and O–H groups in total. The van der Waals surface area contributed by atoms with Gasteiger partial charge in [-0.15, -0.1) is 6.42 Å². The van der Waals surface area contributed by atoms with Crippen molar-refractivity contribution in [1.29, 1.82) is 0 Å². The molecular formula is C11H17N3O2S. The van der Waals surface area contributed by atoms with Crippen molar-refractivity contribution in [2.24, 2.45) is 0 Å². The zero-order valence-corrected chi connectivity index (χ0v) is 11.1. The second-order valence-corrected chi connectivity index (χ2v) is 5.32. The van der Waals surface area contributed by atoms with Gasteiger partial charge >= 0.3 is 0 Å². The van der Waals surface area contributed by atoms with Crippen LogP contribution in [0.25, 0.3) is 0 Å². The summed E-state index contributed by atoms with van der Waals surface area (Å²) in [5.74, 6) is 3.06. The van der Waals surface area contributed by atoms with Crippen molar-refractivity contribution in [3.05, 3.63) is 12.0 Å². The van der Waals surface area contributed by atoms with Gasteiger partial charge in [-0.05, 0) is 20.3 Å². The van der Waals surface area contributed by atoms with E-state index in [1.807, 2.05) is 13.8 Å². The summed E-state index contributed by atoms with van der Waals surface area (Å²) in [7, 11) is -3.62. The van der Waals surface area contributed by atoms with Crippen LogP contribution in [-0.4, -0.2) is 24.0 Å². The summed E-state index contributed by atoms with van der Waals surface area (Å²) in [6.07, 6.45) is 7.29. The van der Waals surface area contributed by atoms with Gasteiger partial charge in [-0.25, -0.2) is 13.4 Å². The number of sulfonamides is 1. The Morgan fingerprint density at radius 1 is 1.59 bits per heavy atom. The normalized spacial score (nSPS) is 13.3. The minimum Gasteiger partial charge on any atom is -0.334 e. The number of rotatable bonds is 5. The number of aromatic nitrogens is 2. The molecule has 1 atom stereocenters. The highest BCUT2D eigenvalue weighted by Crippen LogP contribution is 2.10. The largest absolute Gasteiger partial charge is 0.334 e. The second-order valence-electron chi connectivity index (χ2n) is 3.66. The van der Waals surface area contributed by atoms with Crippen LogP contribution in [0, 0.1) is 19.3 Å². The maximum Gasteiger partial charge on any atom is 0.260 e. The first-order chi connectivity index (χ1) is 7.94. The molecule has 0 amide bonds. The molecule has 1 rings (SSSR count). The summed E-state index contributed by atoms with van der Waals surface area (Å²) < 4.78 is 28.1. The topological polar surface area (TPSA) is 64.0 Å². The van der Waals surface area contributed by atoms with Crippen LogP contribution < -0.4 is 4.72 Å². The Hall–Kier alpha value is -1.32. The van der Waals surface area contributed by atoms with Crippen LogP contribution in [0.3, 0.4) is 0 Å². The van der Waals surface area contributed by atoms with Crippen LogP contribution in [-0.2, 0) is 16.6 Å². The Morgan fingerprint density at radius 2 is 2.24 bits per heavy atom. The maximum atomic E-state index is 12.0. The molecule has 1 aromatic rings. The molecule has 0 aliphatic carbocycles. The smallest absolute Gasteiger partial charge is 0.260 e. The van der Waals surface area contributed by atoms with Crippen molar-refractivity contribution in [3.63, 3.8) is 0 Å². The highest BCUT2D eigenvalue weighted by molar-refractivity contribution is 7.89.